The average Bonchev–Trinajstić information content (AvgIpc) is 3.03. The van der Waals surface area contributed by atoms with E-state index < -0.39 is 0 Å². The van der Waals surface area contributed by atoms with Gasteiger partial charge in [-0.3, -0.25) is 9.36 Å². The second kappa shape index (κ2) is 4.96. The lowest BCUT2D eigenvalue weighted by atomic mass is 10.1. The number of fused-ring (bicyclic) bond motifs is 2. The summed E-state index contributed by atoms with van der Waals surface area (Å²) in [6.07, 6.45) is 1.59. The van der Waals surface area contributed by atoms with Crippen molar-refractivity contribution in [3.8, 4) is 0 Å². The van der Waals surface area contributed by atoms with Gasteiger partial charge in [0.2, 0.25) is 0 Å². The molecule has 0 unspecified atom stereocenters. The van der Waals surface area contributed by atoms with Gasteiger partial charge < -0.3 is 9.40 Å². The molecule has 0 saturated heterocycles. The average molecular weight is 308 g/mol. The first-order chi connectivity index (χ1) is 10.7. The molecule has 2 heterocycles. The standard InChI is InChI=1S/C17H12N2O2S/c20-16-14-8-11-4-1-2-5-12(11)9-15(14)18-17(22)19(16)10-13-6-3-7-21-13/h1-9H,10H2,(H,18,22). The van der Waals surface area contributed by atoms with Gasteiger partial charge in [-0.1, -0.05) is 24.3 Å². The summed E-state index contributed by atoms with van der Waals surface area (Å²) < 4.78 is 7.22. The van der Waals surface area contributed by atoms with E-state index in [-0.39, 0.29) is 5.56 Å². The number of nitrogens with zero attached hydrogens (tertiary/aromatic N) is 1. The lowest BCUT2D eigenvalue weighted by molar-refractivity contribution is 0.487. The molecule has 0 aliphatic rings. The van der Waals surface area contributed by atoms with Crippen LogP contribution in [0.25, 0.3) is 21.7 Å². The molecule has 0 radical (unpaired) electrons. The van der Waals surface area contributed by atoms with Gasteiger partial charge in [0, 0.05) is 0 Å². The number of H-pyrrole nitrogens is 1. The second-order valence-corrected chi connectivity index (χ2v) is 5.53. The van der Waals surface area contributed by atoms with Crippen LogP contribution in [0.4, 0.5) is 0 Å². The lowest BCUT2D eigenvalue weighted by Gasteiger charge is -2.08. The molecule has 0 aliphatic heterocycles. The minimum atomic E-state index is -0.110. The largest absolute Gasteiger partial charge is 0.467 e. The van der Waals surface area contributed by atoms with Crippen LogP contribution in [0.5, 0.6) is 0 Å². The first-order valence-corrected chi connectivity index (χ1v) is 7.31. The molecule has 5 heteroatoms. The van der Waals surface area contributed by atoms with Gasteiger partial charge in [-0.15, -0.1) is 0 Å². The highest BCUT2D eigenvalue weighted by Crippen LogP contribution is 2.19. The van der Waals surface area contributed by atoms with E-state index in [1.165, 1.54) is 4.57 Å². The van der Waals surface area contributed by atoms with Crippen molar-refractivity contribution in [1.82, 2.24) is 9.55 Å². The summed E-state index contributed by atoms with van der Waals surface area (Å²) in [7, 11) is 0. The Balaban J connectivity index is 2.01. The maximum atomic E-state index is 12.8. The molecule has 1 N–H and O–H groups in total. The molecule has 0 saturated carbocycles. The highest BCUT2D eigenvalue weighted by molar-refractivity contribution is 7.71. The van der Waals surface area contributed by atoms with E-state index in [2.05, 4.69) is 4.98 Å². The molecule has 0 spiro atoms. The fraction of sp³-hybridized carbons (Fsp3) is 0.0588. The molecule has 4 rings (SSSR count). The summed E-state index contributed by atoms with van der Waals surface area (Å²) in [6.45, 7) is 0.323. The lowest BCUT2D eigenvalue weighted by Crippen LogP contribution is -2.22. The first-order valence-electron chi connectivity index (χ1n) is 6.90. The Kier molecular flexibility index (Phi) is 2.94. The van der Waals surface area contributed by atoms with Crippen molar-refractivity contribution in [1.29, 1.82) is 0 Å². The van der Waals surface area contributed by atoms with Gasteiger partial charge >= 0.3 is 0 Å². The van der Waals surface area contributed by atoms with E-state index in [0.717, 1.165) is 16.3 Å². The summed E-state index contributed by atoms with van der Waals surface area (Å²) >= 11 is 5.33. The Morgan fingerprint density at radius 3 is 2.59 bits per heavy atom. The Labute approximate surface area is 130 Å². The van der Waals surface area contributed by atoms with E-state index in [1.807, 2.05) is 42.5 Å². The third-order valence-electron chi connectivity index (χ3n) is 3.74. The van der Waals surface area contributed by atoms with Crippen molar-refractivity contribution < 1.29 is 4.42 Å². The van der Waals surface area contributed by atoms with Crippen LogP contribution in [0.15, 0.2) is 64.0 Å². The van der Waals surface area contributed by atoms with Crippen LogP contribution in [0.2, 0.25) is 0 Å². The summed E-state index contributed by atoms with van der Waals surface area (Å²) in [5.74, 6) is 0.696. The molecule has 2 aromatic heterocycles. The molecule has 2 aromatic carbocycles. The van der Waals surface area contributed by atoms with Gasteiger partial charge in [0.15, 0.2) is 4.77 Å². The first kappa shape index (κ1) is 13.0. The zero-order valence-corrected chi connectivity index (χ0v) is 12.4. The predicted octanol–water partition coefficient (Wildman–Crippen LogP) is 3.85. The van der Waals surface area contributed by atoms with Crippen molar-refractivity contribution in [3.05, 3.63) is 75.7 Å². The number of benzene rings is 2. The van der Waals surface area contributed by atoms with E-state index in [9.17, 15) is 4.79 Å². The maximum Gasteiger partial charge on any atom is 0.262 e. The van der Waals surface area contributed by atoms with Gasteiger partial charge in [0.05, 0.1) is 23.7 Å². The fourth-order valence-corrected chi connectivity index (χ4v) is 2.90. The number of hydrogen-bond donors (Lipinski definition) is 1. The smallest absolute Gasteiger partial charge is 0.262 e. The van der Waals surface area contributed by atoms with Crippen LogP contribution in [-0.2, 0) is 6.54 Å². The summed E-state index contributed by atoms with van der Waals surface area (Å²) in [5, 5.41) is 2.73. The molecule has 22 heavy (non-hydrogen) atoms. The zero-order valence-electron chi connectivity index (χ0n) is 11.6. The van der Waals surface area contributed by atoms with Gasteiger partial charge in [0.1, 0.15) is 5.76 Å². The highest BCUT2D eigenvalue weighted by atomic mass is 32.1. The number of hydrogen-bond acceptors (Lipinski definition) is 3. The second-order valence-electron chi connectivity index (χ2n) is 5.15. The number of rotatable bonds is 2. The summed E-state index contributed by atoms with van der Waals surface area (Å²) in [6, 6.07) is 15.4. The number of furan rings is 1. The van der Waals surface area contributed by atoms with E-state index >= 15 is 0 Å². The molecule has 108 valence electrons. The highest BCUT2D eigenvalue weighted by Gasteiger charge is 2.08. The Bertz CT molecular complexity index is 1090. The van der Waals surface area contributed by atoms with Crippen molar-refractivity contribution in [2.75, 3.05) is 0 Å². The Hall–Kier alpha value is -2.66. The predicted molar refractivity (Wildman–Crippen MR) is 88.7 cm³/mol. The fourth-order valence-electron chi connectivity index (χ4n) is 2.64. The SMILES string of the molecule is O=c1c2cc3ccccc3cc2[nH]c(=S)n1Cc1ccco1. The molecule has 0 aliphatic carbocycles. The molecule has 0 bridgehead atoms. The van der Waals surface area contributed by atoms with E-state index in [1.54, 1.807) is 12.3 Å². The van der Waals surface area contributed by atoms with Crippen LogP contribution < -0.4 is 5.56 Å². The van der Waals surface area contributed by atoms with Crippen LogP contribution in [-0.4, -0.2) is 9.55 Å². The minimum Gasteiger partial charge on any atom is -0.467 e. The number of nitrogens with one attached hydrogen (secondary N) is 1. The number of aromatic nitrogens is 2. The van der Waals surface area contributed by atoms with Crippen molar-refractivity contribution >= 4 is 33.9 Å². The summed E-state index contributed by atoms with van der Waals surface area (Å²) in [4.78, 5) is 15.9. The molecule has 4 aromatic rings. The van der Waals surface area contributed by atoms with Gasteiger partial charge in [-0.25, -0.2) is 0 Å². The van der Waals surface area contributed by atoms with E-state index in [4.69, 9.17) is 16.6 Å². The van der Waals surface area contributed by atoms with Crippen LogP contribution in [0, 0.1) is 4.77 Å². The van der Waals surface area contributed by atoms with Crippen LogP contribution in [0.3, 0.4) is 0 Å². The molecule has 0 atom stereocenters. The van der Waals surface area contributed by atoms with Crippen LogP contribution in [0.1, 0.15) is 5.76 Å². The molecular weight excluding hydrogens is 296 g/mol. The van der Waals surface area contributed by atoms with Gasteiger partial charge in [-0.2, -0.15) is 0 Å². The van der Waals surface area contributed by atoms with Crippen molar-refractivity contribution in [3.63, 3.8) is 0 Å². The normalized spacial score (nSPS) is 11.3. The zero-order chi connectivity index (χ0) is 15.1. The number of aromatic amines is 1. The van der Waals surface area contributed by atoms with Gasteiger partial charge in [-0.05, 0) is 47.3 Å². The Morgan fingerprint density at radius 1 is 1.09 bits per heavy atom. The third kappa shape index (κ3) is 2.07. The molecule has 0 amide bonds. The minimum absolute atomic E-state index is 0.110. The van der Waals surface area contributed by atoms with Gasteiger partial charge in [0.25, 0.3) is 5.56 Å². The van der Waals surface area contributed by atoms with E-state index in [0.29, 0.717) is 22.5 Å². The molecule has 0 fully saturated rings. The quantitative estimate of drug-likeness (QED) is 0.452. The monoisotopic (exact) mass is 308 g/mol. The summed E-state index contributed by atoms with van der Waals surface area (Å²) in [5.41, 5.74) is 0.644. The molecule has 4 nitrogen and oxygen atoms in total. The topological polar surface area (TPSA) is 50.9 Å². The third-order valence-corrected chi connectivity index (χ3v) is 4.06. The van der Waals surface area contributed by atoms with Crippen LogP contribution >= 0.6 is 12.2 Å². The van der Waals surface area contributed by atoms with Crippen molar-refractivity contribution in [2.45, 2.75) is 6.54 Å². The Morgan fingerprint density at radius 2 is 1.86 bits per heavy atom. The maximum absolute atomic E-state index is 12.8. The molecular formula is C17H12N2O2S. The van der Waals surface area contributed by atoms with Crippen molar-refractivity contribution in [2.24, 2.45) is 0 Å².